The van der Waals surface area contributed by atoms with Crippen LogP contribution in [0.25, 0.3) is 0 Å². The fourth-order valence-corrected chi connectivity index (χ4v) is 1.74. The quantitative estimate of drug-likeness (QED) is 0.775. The summed E-state index contributed by atoms with van der Waals surface area (Å²) in [5.74, 6) is 0. The second-order valence-corrected chi connectivity index (χ2v) is 5.99. The van der Waals surface area contributed by atoms with E-state index in [1.165, 1.54) is 6.20 Å². The summed E-state index contributed by atoms with van der Waals surface area (Å²) in [6.07, 6.45) is 3.04. The van der Waals surface area contributed by atoms with E-state index in [4.69, 9.17) is 16.7 Å². The lowest BCUT2D eigenvalue weighted by Crippen LogP contribution is -2.27. The van der Waals surface area contributed by atoms with Gasteiger partial charge in [-0.15, -0.1) is 0 Å². The summed E-state index contributed by atoms with van der Waals surface area (Å²) in [6, 6.07) is 0. The maximum Gasteiger partial charge on any atom is 0.287 e. The van der Waals surface area contributed by atoms with E-state index < -0.39 is 16.4 Å². The minimum Gasteiger partial charge on any atom is -0.394 e. The molecule has 2 atom stereocenters. The van der Waals surface area contributed by atoms with Crippen molar-refractivity contribution in [2.24, 2.45) is 0 Å². The van der Waals surface area contributed by atoms with Crippen molar-refractivity contribution in [1.82, 2.24) is 9.78 Å². The van der Waals surface area contributed by atoms with Crippen LogP contribution in [0.4, 0.5) is 5.69 Å². The van der Waals surface area contributed by atoms with Gasteiger partial charge >= 0.3 is 0 Å². The van der Waals surface area contributed by atoms with E-state index in [1.807, 2.05) is 6.92 Å². The van der Waals surface area contributed by atoms with E-state index in [9.17, 15) is 9.00 Å². The lowest BCUT2D eigenvalue weighted by Gasteiger charge is -2.12. The van der Waals surface area contributed by atoms with Gasteiger partial charge in [-0.2, -0.15) is 5.10 Å². The molecule has 0 aliphatic heterocycles. The first-order valence-corrected chi connectivity index (χ1v) is 7.40. The second-order valence-electron chi connectivity index (χ2n) is 3.81. The highest BCUT2D eigenvalue weighted by molar-refractivity contribution is 7.84. The predicted molar refractivity (Wildman–Crippen MR) is 72.6 cm³/mol. The average molecular weight is 294 g/mol. The first-order chi connectivity index (χ1) is 8.47. The predicted octanol–water partition coefficient (Wildman–Crippen LogP) is 0.0679. The molecule has 0 fully saturated rings. The number of hydrogen-bond donors (Lipinski definition) is 2. The van der Waals surface area contributed by atoms with Gasteiger partial charge in [0.25, 0.3) is 5.56 Å². The smallest absolute Gasteiger partial charge is 0.287 e. The molecule has 1 aromatic rings. The molecular formula is C10H16ClN3O3S. The van der Waals surface area contributed by atoms with E-state index >= 15 is 0 Å². The van der Waals surface area contributed by atoms with Crippen LogP contribution >= 0.6 is 11.6 Å². The Morgan fingerprint density at radius 3 is 2.89 bits per heavy atom. The summed E-state index contributed by atoms with van der Waals surface area (Å²) in [5, 5.41) is 15.5. The SMILES string of the molecule is CC(CNc1cnn(CCO)c(=O)c1Cl)S(C)=O. The lowest BCUT2D eigenvalue weighted by molar-refractivity contribution is 0.266. The number of halogens is 1. The Morgan fingerprint density at radius 1 is 1.67 bits per heavy atom. The molecule has 8 heteroatoms. The number of aliphatic hydroxyl groups excluding tert-OH is 1. The van der Waals surface area contributed by atoms with Crippen molar-refractivity contribution in [3.63, 3.8) is 0 Å². The fraction of sp³-hybridized carbons (Fsp3) is 0.600. The number of aromatic nitrogens is 2. The van der Waals surface area contributed by atoms with Crippen molar-refractivity contribution in [1.29, 1.82) is 0 Å². The van der Waals surface area contributed by atoms with Crippen molar-refractivity contribution in [2.75, 3.05) is 24.7 Å². The van der Waals surface area contributed by atoms with Gasteiger partial charge in [0.05, 0.1) is 25.0 Å². The molecule has 6 nitrogen and oxygen atoms in total. The van der Waals surface area contributed by atoms with Crippen LogP contribution < -0.4 is 10.9 Å². The van der Waals surface area contributed by atoms with Crippen molar-refractivity contribution < 1.29 is 9.32 Å². The molecule has 0 saturated carbocycles. The van der Waals surface area contributed by atoms with Crippen LogP contribution in [0.1, 0.15) is 6.92 Å². The van der Waals surface area contributed by atoms with E-state index in [0.29, 0.717) is 12.2 Å². The first-order valence-electron chi connectivity index (χ1n) is 5.40. The molecule has 2 N–H and O–H groups in total. The van der Waals surface area contributed by atoms with Crippen LogP contribution in [0.3, 0.4) is 0 Å². The third kappa shape index (κ3) is 3.79. The van der Waals surface area contributed by atoms with Gasteiger partial charge in [-0.05, 0) is 6.92 Å². The number of rotatable bonds is 6. The molecule has 0 spiro atoms. The summed E-state index contributed by atoms with van der Waals surface area (Å²) in [5.41, 5.74) is -0.0471. The number of nitrogens with one attached hydrogen (secondary N) is 1. The molecule has 0 amide bonds. The Kier molecular flexibility index (Phi) is 5.77. The molecule has 0 aromatic carbocycles. The molecule has 1 rings (SSSR count). The van der Waals surface area contributed by atoms with Crippen LogP contribution in [-0.4, -0.2) is 43.8 Å². The topological polar surface area (TPSA) is 84.2 Å². The largest absolute Gasteiger partial charge is 0.394 e. The standard InChI is InChI=1S/C10H16ClN3O3S/c1-7(18(2)17)5-12-8-6-13-14(3-4-15)10(16)9(8)11/h6-7,12,15H,3-5H2,1-2H3. The Bertz CT molecular complexity index is 492. The lowest BCUT2D eigenvalue weighted by atomic mass is 10.4. The molecule has 102 valence electrons. The van der Waals surface area contributed by atoms with E-state index in [1.54, 1.807) is 6.26 Å². The van der Waals surface area contributed by atoms with Gasteiger partial charge in [0.2, 0.25) is 0 Å². The van der Waals surface area contributed by atoms with Crippen molar-refractivity contribution >= 4 is 28.1 Å². The van der Waals surface area contributed by atoms with Crippen molar-refractivity contribution in [2.45, 2.75) is 18.7 Å². The highest BCUT2D eigenvalue weighted by atomic mass is 35.5. The molecule has 18 heavy (non-hydrogen) atoms. The van der Waals surface area contributed by atoms with Gasteiger partial charge in [0, 0.05) is 28.9 Å². The molecule has 0 bridgehead atoms. The number of anilines is 1. The van der Waals surface area contributed by atoms with Crippen LogP contribution in [-0.2, 0) is 17.3 Å². The van der Waals surface area contributed by atoms with Crippen molar-refractivity contribution in [3.05, 3.63) is 21.6 Å². The van der Waals surface area contributed by atoms with Gasteiger partial charge in [-0.25, -0.2) is 4.68 Å². The van der Waals surface area contributed by atoms with Gasteiger partial charge in [0.1, 0.15) is 5.02 Å². The Balaban J connectivity index is 2.83. The molecule has 0 radical (unpaired) electrons. The minimum atomic E-state index is -0.946. The van der Waals surface area contributed by atoms with Crippen LogP contribution in [0.2, 0.25) is 5.02 Å². The van der Waals surface area contributed by atoms with Gasteiger partial charge in [0.15, 0.2) is 0 Å². The molecule has 1 heterocycles. The number of hydrogen-bond acceptors (Lipinski definition) is 5. The summed E-state index contributed by atoms with van der Waals surface area (Å²) >= 11 is 5.90. The first kappa shape index (κ1) is 15.1. The summed E-state index contributed by atoms with van der Waals surface area (Å²) in [7, 11) is -0.946. The zero-order chi connectivity index (χ0) is 13.7. The summed E-state index contributed by atoms with van der Waals surface area (Å²) < 4.78 is 12.3. The molecule has 0 aliphatic rings. The fourth-order valence-electron chi connectivity index (χ4n) is 1.21. The molecule has 1 aromatic heterocycles. The molecule has 0 saturated heterocycles. The van der Waals surface area contributed by atoms with Crippen LogP contribution in [0.15, 0.2) is 11.0 Å². The Labute approximate surface area is 112 Å². The van der Waals surface area contributed by atoms with Gasteiger partial charge < -0.3 is 10.4 Å². The molecule has 2 unspecified atom stereocenters. The van der Waals surface area contributed by atoms with E-state index in [2.05, 4.69) is 10.4 Å². The van der Waals surface area contributed by atoms with Gasteiger partial charge in [-0.1, -0.05) is 11.6 Å². The second kappa shape index (κ2) is 6.86. The summed E-state index contributed by atoms with van der Waals surface area (Å²) in [4.78, 5) is 11.7. The highest BCUT2D eigenvalue weighted by Crippen LogP contribution is 2.15. The number of nitrogens with zero attached hydrogens (tertiary/aromatic N) is 2. The zero-order valence-electron chi connectivity index (χ0n) is 10.2. The highest BCUT2D eigenvalue weighted by Gasteiger charge is 2.11. The van der Waals surface area contributed by atoms with Crippen LogP contribution in [0, 0.1) is 0 Å². The number of aliphatic hydroxyl groups is 1. The van der Waals surface area contributed by atoms with E-state index in [-0.39, 0.29) is 23.4 Å². The van der Waals surface area contributed by atoms with E-state index in [0.717, 1.165) is 4.68 Å². The third-order valence-corrected chi connectivity index (χ3v) is 4.11. The maximum atomic E-state index is 11.7. The molecule has 0 aliphatic carbocycles. The van der Waals surface area contributed by atoms with Crippen LogP contribution in [0.5, 0.6) is 0 Å². The average Bonchev–Trinajstić information content (AvgIpc) is 2.33. The maximum absolute atomic E-state index is 11.7. The monoisotopic (exact) mass is 293 g/mol. The molecular weight excluding hydrogens is 278 g/mol. The summed E-state index contributed by atoms with van der Waals surface area (Å²) in [6.45, 7) is 2.20. The Morgan fingerprint density at radius 2 is 2.33 bits per heavy atom. The zero-order valence-corrected chi connectivity index (χ0v) is 11.8. The normalized spacial score (nSPS) is 14.2. The van der Waals surface area contributed by atoms with Crippen molar-refractivity contribution in [3.8, 4) is 0 Å². The van der Waals surface area contributed by atoms with Gasteiger partial charge in [-0.3, -0.25) is 9.00 Å². The Hall–Kier alpha value is -0.920. The third-order valence-electron chi connectivity index (χ3n) is 2.44. The minimum absolute atomic E-state index is 0.0209.